The van der Waals surface area contributed by atoms with Crippen LogP contribution in [0.1, 0.15) is 12.5 Å². The second-order valence-corrected chi connectivity index (χ2v) is 8.60. The molecule has 0 amide bonds. The summed E-state index contributed by atoms with van der Waals surface area (Å²) in [4.78, 5) is 28.3. The number of rotatable bonds is 6. The van der Waals surface area contributed by atoms with Crippen LogP contribution in [0.3, 0.4) is 0 Å². The first kappa shape index (κ1) is 23.6. The Balaban J connectivity index is 1.61. The monoisotopic (exact) mass is 492 g/mol. The molecule has 2 aromatic carbocycles. The number of thiophene rings is 1. The number of hydrogen-bond donors (Lipinski definition) is 2. The second kappa shape index (κ2) is 8.99. The van der Waals surface area contributed by atoms with Gasteiger partial charge in [-0.3, -0.25) is 14.3 Å². The molecule has 2 N–H and O–H groups in total. The number of nitrogens with one attached hydrogen (secondary N) is 1. The molecule has 4 rings (SSSR count). The molecule has 0 aliphatic heterocycles. The average Bonchev–Trinajstić information content (AvgIpc) is 3.09. The number of aromatic amines is 1. The zero-order chi connectivity index (χ0) is 24.6. The van der Waals surface area contributed by atoms with Crippen LogP contribution >= 0.6 is 11.3 Å². The maximum Gasteiger partial charge on any atom is 0.573 e. The van der Waals surface area contributed by atoms with Crippen LogP contribution in [-0.2, 0) is 6.54 Å². The minimum absolute atomic E-state index is 0.0467. The van der Waals surface area contributed by atoms with Crippen LogP contribution in [0, 0.1) is 6.92 Å². The van der Waals surface area contributed by atoms with E-state index < -0.39 is 23.7 Å². The summed E-state index contributed by atoms with van der Waals surface area (Å²) in [7, 11) is 0. The van der Waals surface area contributed by atoms with Crippen molar-refractivity contribution in [2.75, 3.05) is 0 Å². The van der Waals surface area contributed by atoms with E-state index >= 15 is 0 Å². The van der Waals surface area contributed by atoms with Gasteiger partial charge in [-0.1, -0.05) is 0 Å². The summed E-state index contributed by atoms with van der Waals surface area (Å²) in [6.07, 6.45) is -5.54. The van der Waals surface area contributed by atoms with Crippen molar-refractivity contribution in [2.45, 2.75) is 32.9 Å². The Morgan fingerprint density at radius 3 is 2.15 bits per heavy atom. The molecule has 11 heteroatoms. The zero-order valence-corrected chi connectivity index (χ0v) is 18.8. The number of aliphatic hydroxyl groups excluding tert-OH is 1. The summed E-state index contributed by atoms with van der Waals surface area (Å²) in [6, 6.07) is 12.0. The summed E-state index contributed by atoms with van der Waals surface area (Å²) < 4.78 is 47.7. The molecule has 1 atom stereocenters. The summed E-state index contributed by atoms with van der Waals surface area (Å²) in [5.74, 6) is 0.435. The van der Waals surface area contributed by atoms with Crippen molar-refractivity contribution in [3.8, 4) is 27.7 Å². The van der Waals surface area contributed by atoms with E-state index in [0.29, 0.717) is 27.3 Å². The molecule has 0 radical (unpaired) electrons. The van der Waals surface area contributed by atoms with Crippen LogP contribution in [0.25, 0.3) is 20.7 Å². The van der Waals surface area contributed by atoms with Crippen LogP contribution < -0.4 is 20.7 Å². The molecule has 0 unspecified atom stereocenters. The quantitative estimate of drug-likeness (QED) is 0.403. The lowest BCUT2D eigenvalue weighted by Gasteiger charge is -2.10. The highest BCUT2D eigenvalue weighted by Gasteiger charge is 2.31. The molecule has 0 bridgehead atoms. The number of aromatic nitrogens is 2. The van der Waals surface area contributed by atoms with Crippen LogP contribution in [0.5, 0.6) is 17.2 Å². The maximum absolute atomic E-state index is 12.4. The maximum atomic E-state index is 12.4. The number of H-pyrrole nitrogens is 1. The van der Waals surface area contributed by atoms with E-state index in [9.17, 15) is 27.9 Å². The Hall–Kier alpha value is -3.57. The van der Waals surface area contributed by atoms with Gasteiger partial charge in [-0.05, 0) is 73.5 Å². The lowest BCUT2D eigenvalue weighted by molar-refractivity contribution is -0.274. The Labute approximate surface area is 194 Å². The Morgan fingerprint density at radius 2 is 1.59 bits per heavy atom. The molecule has 0 saturated heterocycles. The normalized spacial score (nSPS) is 12.6. The van der Waals surface area contributed by atoms with E-state index in [0.717, 1.165) is 22.6 Å². The number of fused-ring (bicyclic) bond motifs is 1. The van der Waals surface area contributed by atoms with E-state index in [4.69, 9.17) is 4.74 Å². The van der Waals surface area contributed by atoms with Crippen molar-refractivity contribution < 1.29 is 27.8 Å². The number of aliphatic hydroxyl groups is 1. The molecule has 0 saturated carbocycles. The van der Waals surface area contributed by atoms with Gasteiger partial charge in [-0.2, -0.15) is 0 Å². The molecular formula is C23H19F3N2O5S. The van der Waals surface area contributed by atoms with E-state index in [1.807, 2.05) is 0 Å². The van der Waals surface area contributed by atoms with E-state index in [1.54, 1.807) is 38.1 Å². The van der Waals surface area contributed by atoms with Gasteiger partial charge in [-0.25, -0.2) is 4.79 Å². The van der Waals surface area contributed by atoms with Gasteiger partial charge in [0.2, 0.25) is 0 Å². The fourth-order valence-corrected chi connectivity index (χ4v) is 4.82. The smallest absolute Gasteiger partial charge is 0.457 e. The van der Waals surface area contributed by atoms with Crippen molar-refractivity contribution in [2.24, 2.45) is 0 Å². The minimum atomic E-state index is -4.77. The molecule has 4 aromatic rings. The topological polar surface area (TPSA) is 93.5 Å². The summed E-state index contributed by atoms with van der Waals surface area (Å²) in [5.41, 5.74) is 0.422. The lowest BCUT2D eigenvalue weighted by Crippen LogP contribution is -2.32. The number of halogens is 3. The number of ether oxygens (including phenoxy) is 2. The Morgan fingerprint density at radius 1 is 1.03 bits per heavy atom. The summed E-state index contributed by atoms with van der Waals surface area (Å²) >= 11 is 1.28. The highest BCUT2D eigenvalue weighted by Crippen LogP contribution is 2.37. The largest absolute Gasteiger partial charge is 0.573 e. The van der Waals surface area contributed by atoms with Gasteiger partial charge in [0.1, 0.15) is 22.1 Å². The van der Waals surface area contributed by atoms with Gasteiger partial charge in [0, 0.05) is 4.88 Å². The van der Waals surface area contributed by atoms with Gasteiger partial charge in [0.05, 0.1) is 18.0 Å². The highest BCUT2D eigenvalue weighted by molar-refractivity contribution is 7.22. The number of hydrogen-bond acceptors (Lipinski definition) is 6. The molecule has 2 aromatic heterocycles. The lowest BCUT2D eigenvalue weighted by atomic mass is 10.1. The van der Waals surface area contributed by atoms with Gasteiger partial charge in [0.25, 0.3) is 5.56 Å². The van der Waals surface area contributed by atoms with Gasteiger partial charge >= 0.3 is 12.1 Å². The number of benzene rings is 2. The van der Waals surface area contributed by atoms with Crippen molar-refractivity contribution >= 4 is 21.6 Å². The number of aryl methyl sites for hydroxylation is 1. The second-order valence-electron chi connectivity index (χ2n) is 7.60. The van der Waals surface area contributed by atoms with Crippen LogP contribution in [-0.4, -0.2) is 27.1 Å². The van der Waals surface area contributed by atoms with Gasteiger partial charge in [-0.15, -0.1) is 24.5 Å². The van der Waals surface area contributed by atoms with Crippen LogP contribution in [0.2, 0.25) is 0 Å². The SMILES string of the molecule is Cc1c(-c2ccc(Oc3ccc(OC(F)(F)F)cc3)cc2)sc2c1c(=O)[nH]c(=O)n2C[C@@H](C)O. The number of nitrogens with zero attached hydrogens (tertiary/aromatic N) is 1. The first-order valence-electron chi connectivity index (χ1n) is 10.1. The first-order valence-corrected chi connectivity index (χ1v) is 10.9. The van der Waals surface area contributed by atoms with E-state index in [2.05, 4.69) is 9.72 Å². The third kappa shape index (κ3) is 5.00. The van der Waals surface area contributed by atoms with Crippen molar-refractivity contribution in [3.63, 3.8) is 0 Å². The zero-order valence-electron chi connectivity index (χ0n) is 18.0. The fourth-order valence-electron chi connectivity index (χ4n) is 3.50. The molecule has 2 heterocycles. The van der Waals surface area contributed by atoms with Crippen LogP contribution in [0.15, 0.2) is 58.1 Å². The third-order valence-electron chi connectivity index (χ3n) is 4.92. The standard InChI is InChI=1S/C23H19F3N2O5S/c1-12(29)11-28-21-18(20(30)27-22(28)31)13(2)19(34-21)14-3-5-15(6-4-14)32-16-7-9-17(10-8-16)33-23(24,25)26/h3-10,12,29H,11H2,1-2H3,(H,27,30,31)/t12-/m1/s1. The van der Waals surface area contributed by atoms with Crippen LogP contribution in [0.4, 0.5) is 13.2 Å². The molecular weight excluding hydrogens is 473 g/mol. The van der Waals surface area contributed by atoms with E-state index in [-0.39, 0.29) is 12.3 Å². The molecule has 178 valence electrons. The van der Waals surface area contributed by atoms with Crippen molar-refractivity contribution in [1.29, 1.82) is 0 Å². The summed E-state index contributed by atoms with van der Waals surface area (Å²) in [6.45, 7) is 3.39. The summed E-state index contributed by atoms with van der Waals surface area (Å²) in [5, 5.41) is 10.1. The molecule has 0 aliphatic rings. The molecule has 0 fully saturated rings. The van der Waals surface area contributed by atoms with Crippen molar-refractivity contribution in [3.05, 3.63) is 74.9 Å². The van der Waals surface area contributed by atoms with Crippen molar-refractivity contribution in [1.82, 2.24) is 9.55 Å². The van der Waals surface area contributed by atoms with E-state index in [1.165, 1.54) is 28.0 Å². The third-order valence-corrected chi connectivity index (χ3v) is 6.29. The highest BCUT2D eigenvalue weighted by atomic mass is 32.1. The Bertz CT molecular complexity index is 1440. The van der Waals surface area contributed by atoms with Gasteiger partial charge in [0.15, 0.2) is 0 Å². The first-order chi connectivity index (χ1) is 16.0. The molecule has 7 nitrogen and oxygen atoms in total. The fraction of sp³-hybridized carbons (Fsp3) is 0.217. The predicted octanol–water partition coefficient (Wildman–Crippen LogP) is 4.80. The molecule has 0 spiro atoms. The average molecular weight is 492 g/mol. The minimum Gasteiger partial charge on any atom is -0.457 e. The molecule has 34 heavy (non-hydrogen) atoms. The van der Waals surface area contributed by atoms with Gasteiger partial charge < -0.3 is 14.6 Å². The Kier molecular flexibility index (Phi) is 6.24. The number of alkyl halides is 3. The predicted molar refractivity (Wildman–Crippen MR) is 122 cm³/mol. The molecule has 0 aliphatic carbocycles.